The SMILES string of the molecule is N#Cc1c(-n2c3ccccc3c3ccccc32)c(-n2c3cccc(-c4ccccc4-c4cccc5ccccc45)c3c3ccc4c5ccccc5sc4c32)c(C#N)c(-n2c3ccccc3c3ccccc32)c1-n1c2cc(-c3cccc4ccc5ccccc5c34)ccc2c2ccc3c4ccccc4sc3c21. The maximum atomic E-state index is 13.7. The molecule has 0 unspecified atom stereocenters. The third-order valence-corrected chi connectivity index (χ3v) is 25.0. The molecule has 0 amide bonds. The van der Waals surface area contributed by atoms with Crippen molar-refractivity contribution in [2.45, 2.75) is 0 Å². The summed E-state index contributed by atoms with van der Waals surface area (Å²) in [6, 6.07) is 125. The summed E-state index contributed by atoms with van der Waals surface area (Å²) in [5.74, 6) is 0. The van der Waals surface area contributed by atoms with Crippen molar-refractivity contribution < 1.29 is 0 Å². The van der Waals surface area contributed by atoms with E-state index in [1.54, 1.807) is 22.7 Å². The lowest BCUT2D eigenvalue weighted by Crippen LogP contribution is -2.16. The summed E-state index contributed by atoms with van der Waals surface area (Å²) < 4.78 is 14.0. The Morgan fingerprint density at radius 1 is 0.226 bits per heavy atom. The number of hydrogen-bond acceptors (Lipinski definition) is 4. The van der Waals surface area contributed by atoms with Crippen molar-refractivity contribution >= 4 is 183 Å². The summed E-state index contributed by atoms with van der Waals surface area (Å²) in [6.07, 6.45) is 0. The second-order valence-electron chi connectivity index (χ2n) is 27.8. The van der Waals surface area contributed by atoms with Crippen molar-refractivity contribution in [3.8, 4) is 68.3 Å². The topological polar surface area (TPSA) is 67.3 Å². The molecule has 0 aliphatic heterocycles. The van der Waals surface area contributed by atoms with Gasteiger partial charge in [-0.05, 0) is 114 Å². The molecule has 8 heteroatoms. The van der Waals surface area contributed by atoms with Gasteiger partial charge in [0.2, 0.25) is 0 Å². The van der Waals surface area contributed by atoms with Gasteiger partial charge >= 0.3 is 0 Å². The molecule has 106 heavy (non-hydrogen) atoms. The summed E-state index contributed by atoms with van der Waals surface area (Å²) in [6.45, 7) is 0. The number of para-hydroxylation sites is 4. The van der Waals surface area contributed by atoms with E-state index in [2.05, 4.69) is 358 Å². The number of nitrogens with zero attached hydrogens (tertiary/aromatic N) is 6. The van der Waals surface area contributed by atoms with Crippen molar-refractivity contribution in [1.82, 2.24) is 18.3 Å². The van der Waals surface area contributed by atoms with Crippen LogP contribution in [0.5, 0.6) is 0 Å². The first-order chi connectivity index (χ1) is 52.6. The van der Waals surface area contributed by atoms with Crippen LogP contribution >= 0.6 is 22.7 Å². The highest BCUT2D eigenvalue weighted by Crippen LogP contribution is 2.54. The molecule has 0 saturated carbocycles. The molecule has 17 aromatic carbocycles. The molecule has 0 fully saturated rings. The van der Waals surface area contributed by atoms with Gasteiger partial charge in [0.05, 0.1) is 76.3 Å². The van der Waals surface area contributed by atoms with Crippen LogP contribution in [0.25, 0.3) is 216 Å². The Morgan fingerprint density at radius 3 is 1.18 bits per heavy atom. The third kappa shape index (κ3) is 8.00. The van der Waals surface area contributed by atoms with Crippen LogP contribution in [0.2, 0.25) is 0 Å². The number of fused-ring (bicyclic) bond motifs is 24. The van der Waals surface area contributed by atoms with Crippen LogP contribution in [0.3, 0.4) is 0 Å². The molecule has 6 heterocycles. The Hall–Kier alpha value is -13.9. The first kappa shape index (κ1) is 58.7. The number of hydrogen-bond donors (Lipinski definition) is 0. The highest BCUT2D eigenvalue weighted by Gasteiger charge is 2.36. The van der Waals surface area contributed by atoms with Crippen molar-refractivity contribution in [3.05, 3.63) is 339 Å². The van der Waals surface area contributed by atoms with Crippen LogP contribution in [0.15, 0.2) is 328 Å². The van der Waals surface area contributed by atoms with Crippen molar-refractivity contribution in [2.24, 2.45) is 0 Å². The number of rotatable bonds is 7. The maximum absolute atomic E-state index is 13.7. The number of benzene rings is 17. The Kier molecular flexibility index (Phi) is 12.4. The van der Waals surface area contributed by atoms with E-state index in [1.165, 1.54) is 26.9 Å². The zero-order chi connectivity index (χ0) is 69.6. The second-order valence-corrected chi connectivity index (χ2v) is 30.0. The van der Waals surface area contributed by atoms with Crippen LogP contribution in [0.1, 0.15) is 11.1 Å². The largest absolute Gasteiger partial charge is 0.306 e. The average Bonchev–Trinajstić information content (AvgIpc) is 1.52. The summed E-state index contributed by atoms with van der Waals surface area (Å²) in [5, 5.41) is 47.2. The number of nitriles is 2. The fourth-order valence-electron chi connectivity index (χ4n) is 18.3. The van der Waals surface area contributed by atoms with Gasteiger partial charge < -0.3 is 18.3 Å². The maximum Gasteiger partial charge on any atom is 0.104 e. The third-order valence-electron chi connectivity index (χ3n) is 22.6. The quantitative estimate of drug-likeness (QED) is 0.149. The Bertz CT molecular complexity index is 7830. The van der Waals surface area contributed by atoms with Gasteiger partial charge in [-0.15, -0.1) is 22.7 Å². The Balaban J connectivity index is 0.979. The lowest BCUT2D eigenvalue weighted by molar-refractivity contribution is 1.03. The molecule has 0 aliphatic carbocycles. The summed E-state index contributed by atoms with van der Waals surface area (Å²) in [5.41, 5.74) is 17.0. The number of thiophene rings is 2. The fourth-order valence-corrected chi connectivity index (χ4v) is 20.8. The van der Waals surface area contributed by atoms with Crippen LogP contribution < -0.4 is 0 Å². The molecule has 23 rings (SSSR count). The van der Waals surface area contributed by atoms with E-state index in [-0.39, 0.29) is 0 Å². The smallest absolute Gasteiger partial charge is 0.104 e. The molecule has 6 nitrogen and oxygen atoms in total. The normalized spacial score (nSPS) is 12.1. The van der Waals surface area contributed by atoms with Crippen LogP contribution in [-0.4, -0.2) is 18.3 Å². The van der Waals surface area contributed by atoms with Crippen LogP contribution in [0.4, 0.5) is 0 Å². The van der Waals surface area contributed by atoms with E-state index in [0.717, 1.165) is 166 Å². The first-order valence-corrected chi connectivity index (χ1v) is 37.5. The molecular weight excluding hydrogens is 1330 g/mol. The van der Waals surface area contributed by atoms with Gasteiger partial charge in [-0.3, -0.25) is 0 Å². The molecule has 0 saturated heterocycles. The van der Waals surface area contributed by atoms with E-state index < -0.39 is 0 Å². The van der Waals surface area contributed by atoms with Gasteiger partial charge in [-0.2, -0.15) is 10.5 Å². The zero-order valence-electron chi connectivity index (χ0n) is 56.7. The van der Waals surface area contributed by atoms with Crippen LogP contribution in [0, 0.1) is 22.7 Å². The average molecular weight is 1380 g/mol. The molecule has 6 aromatic heterocycles. The highest BCUT2D eigenvalue weighted by atomic mass is 32.1. The van der Waals surface area contributed by atoms with Gasteiger partial charge in [-0.1, -0.05) is 279 Å². The lowest BCUT2D eigenvalue weighted by Gasteiger charge is -2.27. The van der Waals surface area contributed by atoms with Gasteiger partial charge in [0, 0.05) is 74.0 Å². The molecule has 0 spiro atoms. The van der Waals surface area contributed by atoms with Gasteiger partial charge in [0.25, 0.3) is 0 Å². The fraction of sp³-hybridized carbons (Fsp3) is 0. The van der Waals surface area contributed by atoms with E-state index in [4.69, 9.17) is 0 Å². The Morgan fingerprint density at radius 2 is 0.594 bits per heavy atom. The molecule has 23 aromatic rings. The minimum Gasteiger partial charge on any atom is -0.306 e. The zero-order valence-corrected chi connectivity index (χ0v) is 58.3. The number of aromatic nitrogens is 4. The molecule has 0 radical (unpaired) electrons. The second kappa shape index (κ2) is 22.3. The van der Waals surface area contributed by atoms with E-state index in [9.17, 15) is 10.5 Å². The molecular formula is C98H54N6S2. The monoisotopic (exact) mass is 1380 g/mol. The van der Waals surface area contributed by atoms with Crippen molar-refractivity contribution in [3.63, 3.8) is 0 Å². The van der Waals surface area contributed by atoms with E-state index >= 15 is 0 Å². The van der Waals surface area contributed by atoms with Gasteiger partial charge in [-0.25, -0.2) is 0 Å². The van der Waals surface area contributed by atoms with E-state index in [0.29, 0.717) is 33.9 Å². The standard InChI is InChI=1S/C98H54N6S2/c99-55-79-92(102-83-41-15-9-32-69(83)70-33-10-16-42-84(70)102)94(104-86-54-60(63-36-20-25-59-47-46-58-23-2-4-27-62(58)89(59)63)48-49-71(86)75-50-51-76-72-34-11-17-44-87(72)105-97(76)95(75)104)80(56-100)91(101-81-39-13-7-30-67(81)68-31-8-14-40-82(68)101)93(79)103-85-43-21-38-74(66-29-6-5-28-65(66)64-37-19-24-57-22-1-3-26-61(57)64)90(85)78-53-52-77-73-35-12-18-45-88(73)106-98(77)96(78)103/h1-54H. The van der Waals surface area contributed by atoms with Gasteiger partial charge in [0.1, 0.15) is 23.3 Å². The minimum absolute atomic E-state index is 0.394. The Labute approximate surface area is 614 Å². The van der Waals surface area contributed by atoms with Crippen molar-refractivity contribution in [2.75, 3.05) is 0 Å². The molecule has 488 valence electrons. The summed E-state index contributed by atoms with van der Waals surface area (Å²) >= 11 is 3.56. The van der Waals surface area contributed by atoms with E-state index in [1.807, 2.05) is 0 Å². The molecule has 0 aliphatic rings. The summed E-state index contributed by atoms with van der Waals surface area (Å²) in [7, 11) is 0. The van der Waals surface area contributed by atoms with Crippen LogP contribution in [-0.2, 0) is 0 Å². The molecule has 0 N–H and O–H groups in total. The van der Waals surface area contributed by atoms with Crippen molar-refractivity contribution in [1.29, 1.82) is 10.5 Å². The molecule has 0 bridgehead atoms. The predicted octanol–water partition coefficient (Wildman–Crippen LogP) is 27.0. The first-order valence-electron chi connectivity index (χ1n) is 35.8. The molecule has 0 atom stereocenters. The lowest BCUT2D eigenvalue weighted by atomic mass is 9.89. The van der Waals surface area contributed by atoms with Gasteiger partial charge in [0.15, 0.2) is 0 Å². The predicted molar refractivity (Wildman–Crippen MR) is 448 cm³/mol. The summed E-state index contributed by atoms with van der Waals surface area (Å²) in [4.78, 5) is 0. The minimum atomic E-state index is 0.394. The highest BCUT2D eigenvalue weighted by molar-refractivity contribution is 7.27.